The first kappa shape index (κ1) is 13.9. The third kappa shape index (κ3) is 2.37. The molecule has 0 aromatic heterocycles. The molecule has 2 aromatic rings. The first-order valence-corrected chi connectivity index (χ1v) is 6.98. The third-order valence-electron chi connectivity index (χ3n) is 3.70. The van der Waals surface area contributed by atoms with E-state index in [1.54, 1.807) is 24.1 Å². The molecule has 1 amide bonds. The normalized spacial score (nSPS) is 21.1. The van der Waals surface area contributed by atoms with E-state index in [4.69, 9.17) is 22.1 Å². The molecule has 5 heteroatoms. The van der Waals surface area contributed by atoms with E-state index in [0.29, 0.717) is 5.02 Å². The highest BCUT2D eigenvalue weighted by atomic mass is 35.5. The number of amides is 1. The Kier molecular flexibility index (Phi) is 3.57. The molecule has 108 valence electrons. The highest BCUT2D eigenvalue weighted by molar-refractivity contribution is 6.30. The van der Waals surface area contributed by atoms with E-state index in [9.17, 15) is 4.79 Å². The number of nitrogens with two attached hydrogens (primary N) is 1. The SMILES string of the molecule is COc1ccc(N2C(=O)C(N)C2c2ccc(Cl)cc2)cc1. The van der Waals surface area contributed by atoms with Gasteiger partial charge in [0.1, 0.15) is 11.8 Å². The van der Waals surface area contributed by atoms with E-state index in [-0.39, 0.29) is 11.9 Å². The summed E-state index contributed by atoms with van der Waals surface area (Å²) in [6, 6.07) is 14.1. The smallest absolute Gasteiger partial charge is 0.247 e. The fourth-order valence-electron chi connectivity index (χ4n) is 2.56. The predicted octanol–water partition coefficient (Wildman–Crippen LogP) is 2.76. The van der Waals surface area contributed by atoms with Gasteiger partial charge in [-0.05, 0) is 42.0 Å². The Labute approximate surface area is 128 Å². The zero-order valence-corrected chi connectivity index (χ0v) is 12.2. The van der Waals surface area contributed by atoms with Crippen molar-refractivity contribution in [1.82, 2.24) is 0 Å². The standard InChI is InChI=1S/C16H15ClN2O2/c1-21-13-8-6-12(7-9-13)19-15(14(18)16(19)20)10-2-4-11(17)5-3-10/h2-9,14-15H,18H2,1H3. The van der Waals surface area contributed by atoms with Gasteiger partial charge in [0.15, 0.2) is 0 Å². The maximum Gasteiger partial charge on any atom is 0.247 e. The van der Waals surface area contributed by atoms with Crippen LogP contribution in [0.2, 0.25) is 5.02 Å². The van der Waals surface area contributed by atoms with Crippen LogP contribution in [-0.4, -0.2) is 19.1 Å². The van der Waals surface area contributed by atoms with Crippen molar-refractivity contribution in [2.45, 2.75) is 12.1 Å². The number of methoxy groups -OCH3 is 1. The lowest BCUT2D eigenvalue weighted by atomic mass is 9.88. The van der Waals surface area contributed by atoms with Crippen molar-refractivity contribution in [3.63, 3.8) is 0 Å². The first-order chi connectivity index (χ1) is 10.1. The average Bonchev–Trinajstić information content (AvgIpc) is 2.53. The molecule has 0 spiro atoms. The van der Waals surface area contributed by atoms with Crippen LogP contribution in [0.4, 0.5) is 5.69 Å². The summed E-state index contributed by atoms with van der Waals surface area (Å²) in [4.78, 5) is 13.8. The van der Waals surface area contributed by atoms with Gasteiger partial charge in [-0.1, -0.05) is 23.7 Å². The summed E-state index contributed by atoms with van der Waals surface area (Å²) < 4.78 is 5.13. The van der Waals surface area contributed by atoms with Crippen LogP contribution in [0.5, 0.6) is 5.75 Å². The van der Waals surface area contributed by atoms with Crippen molar-refractivity contribution in [1.29, 1.82) is 0 Å². The van der Waals surface area contributed by atoms with Crippen LogP contribution in [0.3, 0.4) is 0 Å². The van der Waals surface area contributed by atoms with Crippen molar-refractivity contribution in [2.75, 3.05) is 12.0 Å². The Morgan fingerprint density at radius 3 is 2.29 bits per heavy atom. The topological polar surface area (TPSA) is 55.6 Å². The highest BCUT2D eigenvalue weighted by Gasteiger charge is 2.46. The summed E-state index contributed by atoms with van der Waals surface area (Å²) in [7, 11) is 1.61. The molecule has 1 aliphatic rings. The van der Waals surface area contributed by atoms with Gasteiger partial charge >= 0.3 is 0 Å². The summed E-state index contributed by atoms with van der Waals surface area (Å²) in [6.45, 7) is 0. The van der Waals surface area contributed by atoms with Gasteiger partial charge in [-0.2, -0.15) is 0 Å². The molecule has 0 radical (unpaired) electrons. The molecular weight excluding hydrogens is 288 g/mol. The minimum Gasteiger partial charge on any atom is -0.497 e. The Hall–Kier alpha value is -2.04. The Bertz CT molecular complexity index is 655. The number of benzene rings is 2. The summed E-state index contributed by atoms with van der Waals surface area (Å²) >= 11 is 5.90. The number of halogens is 1. The predicted molar refractivity (Wildman–Crippen MR) is 82.6 cm³/mol. The molecular formula is C16H15ClN2O2. The lowest BCUT2D eigenvalue weighted by Gasteiger charge is -2.45. The van der Waals surface area contributed by atoms with Gasteiger partial charge < -0.3 is 15.4 Å². The number of hydrogen-bond acceptors (Lipinski definition) is 3. The van der Waals surface area contributed by atoms with Gasteiger partial charge in [-0.25, -0.2) is 0 Å². The maximum absolute atomic E-state index is 12.1. The molecule has 2 N–H and O–H groups in total. The van der Waals surface area contributed by atoms with E-state index in [2.05, 4.69) is 0 Å². The number of rotatable bonds is 3. The van der Waals surface area contributed by atoms with Crippen molar-refractivity contribution >= 4 is 23.2 Å². The Balaban J connectivity index is 1.92. The number of carbonyl (C=O) groups excluding carboxylic acids is 1. The minimum atomic E-state index is -0.520. The number of ether oxygens (including phenoxy) is 1. The molecule has 2 atom stereocenters. The quantitative estimate of drug-likeness (QED) is 0.887. The van der Waals surface area contributed by atoms with E-state index in [1.165, 1.54) is 0 Å². The summed E-state index contributed by atoms with van der Waals surface area (Å²) in [6.07, 6.45) is 0. The van der Waals surface area contributed by atoms with Gasteiger partial charge in [0, 0.05) is 10.7 Å². The van der Waals surface area contributed by atoms with E-state index in [1.807, 2.05) is 36.4 Å². The van der Waals surface area contributed by atoms with Crippen LogP contribution in [0.25, 0.3) is 0 Å². The molecule has 1 aliphatic heterocycles. The molecule has 21 heavy (non-hydrogen) atoms. The fraction of sp³-hybridized carbons (Fsp3) is 0.188. The van der Waals surface area contributed by atoms with Gasteiger partial charge in [-0.15, -0.1) is 0 Å². The summed E-state index contributed by atoms with van der Waals surface area (Å²) in [5, 5.41) is 0.661. The number of anilines is 1. The van der Waals surface area contributed by atoms with Crippen LogP contribution >= 0.6 is 11.6 Å². The second-order valence-electron chi connectivity index (χ2n) is 4.93. The van der Waals surface area contributed by atoms with Gasteiger partial charge in [-0.3, -0.25) is 4.79 Å². The molecule has 0 bridgehead atoms. The van der Waals surface area contributed by atoms with Gasteiger partial charge in [0.2, 0.25) is 5.91 Å². The molecule has 1 saturated heterocycles. The van der Waals surface area contributed by atoms with E-state index < -0.39 is 6.04 Å². The van der Waals surface area contributed by atoms with Gasteiger partial charge in [0.05, 0.1) is 13.2 Å². The van der Waals surface area contributed by atoms with Crippen molar-refractivity contribution < 1.29 is 9.53 Å². The van der Waals surface area contributed by atoms with Crippen LogP contribution in [0.1, 0.15) is 11.6 Å². The molecule has 2 aromatic carbocycles. The molecule has 4 nitrogen and oxygen atoms in total. The number of carbonyl (C=O) groups is 1. The molecule has 1 fully saturated rings. The van der Waals surface area contributed by atoms with Crippen molar-refractivity contribution in [2.24, 2.45) is 5.73 Å². The second-order valence-corrected chi connectivity index (χ2v) is 5.36. The Morgan fingerprint density at radius 1 is 1.10 bits per heavy atom. The lowest BCUT2D eigenvalue weighted by molar-refractivity contribution is -0.126. The average molecular weight is 303 g/mol. The second kappa shape index (κ2) is 5.39. The van der Waals surface area contributed by atoms with E-state index in [0.717, 1.165) is 17.0 Å². The fourth-order valence-corrected chi connectivity index (χ4v) is 2.68. The van der Waals surface area contributed by atoms with Crippen LogP contribution in [0, 0.1) is 0 Å². The Morgan fingerprint density at radius 2 is 1.71 bits per heavy atom. The number of β-lactam (4-membered cyclic amide) rings is 1. The van der Waals surface area contributed by atoms with Crippen molar-refractivity contribution in [3.8, 4) is 5.75 Å². The molecule has 3 rings (SSSR count). The van der Waals surface area contributed by atoms with Crippen LogP contribution < -0.4 is 15.4 Å². The lowest BCUT2D eigenvalue weighted by Crippen LogP contribution is -2.63. The van der Waals surface area contributed by atoms with E-state index >= 15 is 0 Å². The highest BCUT2D eigenvalue weighted by Crippen LogP contribution is 2.38. The zero-order chi connectivity index (χ0) is 15.0. The third-order valence-corrected chi connectivity index (χ3v) is 3.96. The van der Waals surface area contributed by atoms with Crippen molar-refractivity contribution in [3.05, 3.63) is 59.1 Å². The van der Waals surface area contributed by atoms with Crippen LogP contribution in [-0.2, 0) is 4.79 Å². The number of hydrogen-bond donors (Lipinski definition) is 1. The molecule has 0 aliphatic carbocycles. The molecule has 2 unspecified atom stereocenters. The monoisotopic (exact) mass is 302 g/mol. The molecule has 1 heterocycles. The largest absolute Gasteiger partial charge is 0.497 e. The first-order valence-electron chi connectivity index (χ1n) is 6.60. The number of nitrogens with zero attached hydrogens (tertiary/aromatic N) is 1. The van der Waals surface area contributed by atoms with Crippen LogP contribution in [0.15, 0.2) is 48.5 Å². The summed E-state index contributed by atoms with van der Waals surface area (Å²) in [5.74, 6) is 0.666. The maximum atomic E-state index is 12.1. The minimum absolute atomic E-state index is 0.0832. The summed E-state index contributed by atoms with van der Waals surface area (Å²) in [5.41, 5.74) is 7.75. The zero-order valence-electron chi connectivity index (χ0n) is 11.5. The van der Waals surface area contributed by atoms with Gasteiger partial charge in [0.25, 0.3) is 0 Å². The molecule has 0 saturated carbocycles.